The lowest BCUT2D eigenvalue weighted by Crippen LogP contribution is -2.55. The maximum Gasteiger partial charge on any atom is 0.338 e. The Morgan fingerprint density at radius 1 is 1.07 bits per heavy atom. The van der Waals surface area contributed by atoms with Crippen LogP contribution in [0.1, 0.15) is 50.4 Å². The van der Waals surface area contributed by atoms with Crippen LogP contribution in [0, 0.1) is 5.41 Å². The molecular formula is C29H37ClFN3O7S. The summed E-state index contributed by atoms with van der Waals surface area (Å²) >= 11 is 5.87. The minimum Gasteiger partial charge on any atom is -0.494 e. The fraction of sp³-hybridized carbons (Fsp3) is 0.483. The number of alkyl halides is 1. The number of ether oxygens (including phenoxy) is 2. The van der Waals surface area contributed by atoms with Crippen molar-refractivity contribution in [1.29, 1.82) is 0 Å². The van der Waals surface area contributed by atoms with Crippen LogP contribution >= 0.6 is 11.6 Å². The topological polar surface area (TPSA) is 131 Å². The van der Waals surface area contributed by atoms with E-state index in [-0.39, 0.29) is 48.4 Å². The monoisotopic (exact) mass is 625 g/mol. The number of rotatable bonds is 13. The van der Waals surface area contributed by atoms with Gasteiger partial charge in [0.15, 0.2) is 0 Å². The van der Waals surface area contributed by atoms with Gasteiger partial charge in [0.2, 0.25) is 21.8 Å². The predicted molar refractivity (Wildman–Crippen MR) is 156 cm³/mol. The van der Waals surface area contributed by atoms with Crippen molar-refractivity contribution in [2.24, 2.45) is 5.41 Å². The second-order valence-corrected chi connectivity index (χ2v) is 13.1. The van der Waals surface area contributed by atoms with Crippen molar-refractivity contribution >= 4 is 39.4 Å². The van der Waals surface area contributed by atoms with Gasteiger partial charge in [-0.2, -0.15) is 4.31 Å². The molecule has 0 spiro atoms. The summed E-state index contributed by atoms with van der Waals surface area (Å²) in [5.41, 5.74) is -0.639. The zero-order valence-electron chi connectivity index (χ0n) is 23.9. The van der Waals surface area contributed by atoms with Crippen molar-refractivity contribution in [3.8, 4) is 5.75 Å². The molecule has 2 aromatic carbocycles. The molecule has 1 saturated heterocycles. The number of benzene rings is 2. The van der Waals surface area contributed by atoms with E-state index >= 15 is 4.39 Å². The zero-order chi connectivity index (χ0) is 30.9. The number of sulfonamides is 1. The maximum absolute atomic E-state index is 15.1. The van der Waals surface area contributed by atoms with Crippen LogP contribution in [0.15, 0.2) is 53.4 Å². The molecule has 2 amide bonds. The summed E-state index contributed by atoms with van der Waals surface area (Å²) in [4.78, 5) is 35.9. The smallest absolute Gasteiger partial charge is 0.338 e. The lowest BCUT2D eigenvalue weighted by Gasteiger charge is -2.36. The van der Waals surface area contributed by atoms with Crippen molar-refractivity contribution in [2.45, 2.75) is 57.1 Å². The second-order valence-electron chi connectivity index (χ2n) is 10.7. The van der Waals surface area contributed by atoms with Crippen LogP contribution in [0.5, 0.6) is 5.75 Å². The largest absolute Gasteiger partial charge is 0.494 e. The highest BCUT2D eigenvalue weighted by molar-refractivity contribution is 7.89. The van der Waals surface area contributed by atoms with Crippen LogP contribution in [-0.2, 0) is 24.3 Å². The molecule has 3 rings (SSSR count). The molecule has 1 fully saturated rings. The Morgan fingerprint density at radius 2 is 1.74 bits per heavy atom. The summed E-state index contributed by atoms with van der Waals surface area (Å²) < 4.78 is 53.2. The summed E-state index contributed by atoms with van der Waals surface area (Å²) in [5.74, 6) is -0.546. The molecule has 2 aromatic rings. The number of piperidine rings is 1. The van der Waals surface area contributed by atoms with E-state index in [9.17, 15) is 22.8 Å². The summed E-state index contributed by atoms with van der Waals surface area (Å²) in [5, 5.41) is 5.87. The first kappa shape index (κ1) is 33.3. The van der Waals surface area contributed by atoms with Crippen LogP contribution in [0.25, 0.3) is 0 Å². The highest BCUT2D eigenvalue weighted by Gasteiger charge is 2.38. The van der Waals surface area contributed by atoms with Crippen molar-refractivity contribution in [1.82, 2.24) is 14.9 Å². The molecule has 0 unspecified atom stereocenters. The van der Waals surface area contributed by atoms with E-state index in [4.69, 9.17) is 21.1 Å². The molecule has 0 radical (unpaired) electrons. The summed E-state index contributed by atoms with van der Waals surface area (Å²) in [7, 11) is -4.03. The third-order valence-corrected chi connectivity index (χ3v) is 9.03. The highest BCUT2D eigenvalue weighted by Crippen LogP contribution is 2.27. The van der Waals surface area contributed by atoms with E-state index in [0.717, 1.165) is 4.31 Å². The number of halogens is 2. The molecule has 0 bridgehead atoms. The Hall–Kier alpha value is -3.22. The Labute approximate surface area is 250 Å². The van der Waals surface area contributed by atoms with Gasteiger partial charge in [-0.1, -0.05) is 25.4 Å². The van der Waals surface area contributed by atoms with Crippen molar-refractivity contribution in [3.05, 3.63) is 59.1 Å². The van der Waals surface area contributed by atoms with Gasteiger partial charge in [0, 0.05) is 30.5 Å². The fourth-order valence-electron chi connectivity index (χ4n) is 4.34. The third-order valence-electron chi connectivity index (χ3n) is 6.90. The molecule has 13 heteroatoms. The van der Waals surface area contributed by atoms with Crippen LogP contribution in [0.4, 0.5) is 4.39 Å². The minimum atomic E-state index is -4.03. The van der Waals surface area contributed by atoms with Crippen molar-refractivity contribution in [2.75, 3.05) is 32.8 Å². The summed E-state index contributed by atoms with van der Waals surface area (Å²) in [6.45, 7) is 5.05. The Kier molecular flexibility index (Phi) is 11.7. The maximum atomic E-state index is 15.1. The van der Waals surface area contributed by atoms with Gasteiger partial charge in [-0.05, 0) is 67.8 Å². The number of carbonyl (C=O) groups is 3. The first-order valence-electron chi connectivity index (χ1n) is 13.6. The van der Waals surface area contributed by atoms with Gasteiger partial charge in [0.05, 0.1) is 29.7 Å². The number of amides is 2. The van der Waals surface area contributed by atoms with Gasteiger partial charge in [-0.25, -0.2) is 17.6 Å². The molecular weight excluding hydrogens is 589 g/mol. The molecule has 10 nitrogen and oxygen atoms in total. The highest BCUT2D eigenvalue weighted by atomic mass is 35.5. The number of nitrogens with zero attached hydrogens (tertiary/aromatic N) is 1. The summed E-state index contributed by atoms with van der Waals surface area (Å²) in [6, 6.07) is 11.3. The number of hydrogen-bond acceptors (Lipinski definition) is 7. The molecule has 42 heavy (non-hydrogen) atoms. The first-order valence-corrected chi connectivity index (χ1v) is 15.5. The normalized spacial score (nSPS) is 17.7. The first-order chi connectivity index (χ1) is 19.8. The SMILES string of the molecule is CC(=O)NCCOC(=O)c1ccc(S(=O)(=O)N2CC[C@@H](NC(=O)C(C)(C)CCCOc3ccc(Cl)cc3)[C@H](F)C2)cc1. The number of hydrogen-bond donors (Lipinski definition) is 2. The van der Waals surface area contributed by atoms with E-state index < -0.39 is 40.2 Å². The van der Waals surface area contributed by atoms with E-state index in [1.165, 1.54) is 31.2 Å². The van der Waals surface area contributed by atoms with Gasteiger partial charge in [-0.3, -0.25) is 9.59 Å². The quantitative estimate of drug-likeness (QED) is 0.256. The molecule has 1 aliphatic heterocycles. The van der Waals surface area contributed by atoms with E-state index in [2.05, 4.69) is 10.6 Å². The third kappa shape index (κ3) is 9.40. The van der Waals surface area contributed by atoms with Gasteiger partial charge in [0.25, 0.3) is 0 Å². The Morgan fingerprint density at radius 3 is 2.36 bits per heavy atom. The minimum absolute atomic E-state index is 0.0238. The van der Waals surface area contributed by atoms with E-state index in [0.29, 0.717) is 30.2 Å². The van der Waals surface area contributed by atoms with Crippen LogP contribution < -0.4 is 15.4 Å². The molecule has 0 saturated carbocycles. The molecule has 0 aliphatic carbocycles. The van der Waals surface area contributed by atoms with Gasteiger partial charge < -0.3 is 20.1 Å². The lowest BCUT2D eigenvalue weighted by molar-refractivity contribution is -0.131. The van der Waals surface area contributed by atoms with Crippen LogP contribution in [0.2, 0.25) is 5.02 Å². The standard InChI is InChI=1S/C29H37ClFN3O7S/c1-20(35)32-15-18-41-27(36)21-5-11-24(12-6-21)42(38,39)34-16-13-26(25(31)19-34)33-28(37)29(2,3)14-4-17-40-23-9-7-22(30)8-10-23/h5-12,25-26H,4,13-19H2,1-3H3,(H,32,35)(H,33,37)/t25-,26-/m1/s1. The van der Waals surface area contributed by atoms with Crippen LogP contribution in [-0.4, -0.2) is 75.6 Å². The molecule has 230 valence electrons. The van der Waals surface area contributed by atoms with Crippen molar-refractivity contribution in [3.63, 3.8) is 0 Å². The Balaban J connectivity index is 1.47. The van der Waals surface area contributed by atoms with Gasteiger partial charge in [0.1, 0.15) is 18.5 Å². The zero-order valence-corrected chi connectivity index (χ0v) is 25.5. The average Bonchev–Trinajstić information content (AvgIpc) is 2.95. The van der Waals surface area contributed by atoms with E-state index in [1.807, 2.05) is 0 Å². The molecule has 1 heterocycles. The number of esters is 1. The van der Waals surface area contributed by atoms with E-state index in [1.54, 1.807) is 38.1 Å². The average molecular weight is 626 g/mol. The van der Waals surface area contributed by atoms with Gasteiger partial charge in [-0.15, -0.1) is 0 Å². The van der Waals surface area contributed by atoms with Crippen LogP contribution in [0.3, 0.4) is 0 Å². The molecule has 0 aromatic heterocycles. The Bertz CT molecular complexity index is 1340. The predicted octanol–water partition coefficient (Wildman–Crippen LogP) is 3.74. The van der Waals surface area contributed by atoms with Gasteiger partial charge >= 0.3 is 5.97 Å². The lowest BCUT2D eigenvalue weighted by atomic mass is 9.86. The fourth-order valence-corrected chi connectivity index (χ4v) is 5.92. The van der Waals surface area contributed by atoms with Crippen molar-refractivity contribution < 1.29 is 36.7 Å². The molecule has 1 aliphatic rings. The summed E-state index contributed by atoms with van der Waals surface area (Å²) in [6.07, 6.45) is -0.373. The second kappa shape index (κ2) is 14.8. The number of nitrogens with one attached hydrogen (secondary N) is 2. The molecule has 2 atom stereocenters. The molecule has 2 N–H and O–H groups in total. The number of carbonyl (C=O) groups excluding carboxylic acids is 3.